The molecule has 0 bridgehead atoms. The molecule has 1 aliphatic heterocycles. The molecule has 2 aromatic rings. The van der Waals surface area contributed by atoms with E-state index in [4.69, 9.17) is 15.2 Å². The average Bonchev–Trinajstić information content (AvgIpc) is 3.03. The number of esters is 1. The molecule has 0 amide bonds. The summed E-state index contributed by atoms with van der Waals surface area (Å²) in [5, 5.41) is 0. The van der Waals surface area contributed by atoms with Crippen LogP contribution in [0.4, 0.5) is 5.95 Å². The number of nitrogens with two attached hydrogens (primary N) is 1. The van der Waals surface area contributed by atoms with Crippen LogP contribution in [0, 0.1) is 0 Å². The number of thiazole rings is 1. The molecule has 1 saturated heterocycles. The third kappa shape index (κ3) is 2.61. The van der Waals surface area contributed by atoms with E-state index in [1.165, 1.54) is 17.7 Å². The minimum atomic E-state index is -0.833. The number of ether oxygens (including phenoxy) is 2. The highest BCUT2D eigenvalue weighted by atomic mass is 32.1. The van der Waals surface area contributed by atoms with E-state index in [9.17, 15) is 9.59 Å². The molecule has 1 aliphatic rings. The van der Waals surface area contributed by atoms with Crippen molar-refractivity contribution in [3.05, 3.63) is 15.9 Å². The molecule has 2 atom stereocenters. The van der Waals surface area contributed by atoms with E-state index in [1.54, 1.807) is 0 Å². The number of hydrogen-bond acceptors (Lipinski definition) is 8. The Hall–Kier alpha value is -2.00. The van der Waals surface area contributed by atoms with E-state index in [1.807, 2.05) is 0 Å². The maximum absolute atomic E-state index is 12.3. The van der Waals surface area contributed by atoms with Gasteiger partial charge in [0.1, 0.15) is 6.10 Å². The summed E-state index contributed by atoms with van der Waals surface area (Å²) in [7, 11) is 0. The van der Waals surface area contributed by atoms with Gasteiger partial charge in [0.15, 0.2) is 5.65 Å². The summed E-state index contributed by atoms with van der Waals surface area (Å²) in [5.41, 5.74) is 5.95. The number of carbonyl (C=O) groups excluding carboxylic acids is 1. The molecule has 3 heterocycles. The van der Waals surface area contributed by atoms with Gasteiger partial charge in [-0.1, -0.05) is 11.3 Å². The van der Waals surface area contributed by atoms with E-state index in [-0.39, 0.29) is 16.9 Å². The van der Waals surface area contributed by atoms with Gasteiger partial charge in [-0.25, -0.2) is 9.55 Å². The van der Waals surface area contributed by atoms with E-state index in [2.05, 4.69) is 9.97 Å². The number of aromatic nitrogens is 3. The van der Waals surface area contributed by atoms with Gasteiger partial charge in [0.2, 0.25) is 12.2 Å². The van der Waals surface area contributed by atoms with Crippen LogP contribution < -0.4 is 10.6 Å². The van der Waals surface area contributed by atoms with Crippen LogP contribution in [0.15, 0.2) is 11.0 Å². The smallest absolute Gasteiger partial charge is 0.312 e. The summed E-state index contributed by atoms with van der Waals surface area (Å²) in [6.45, 7) is 1.88. The Morgan fingerprint density at radius 3 is 3.14 bits per heavy atom. The first-order valence-corrected chi connectivity index (χ1v) is 7.30. The molecular formula is C12H14N4O4S. The Bertz CT molecular complexity index is 734. The Morgan fingerprint density at radius 2 is 2.48 bits per heavy atom. The quantitative estimate of drug-likeness (QED) is 0.830. The zero-order valence-electron chi connectivity index (χ0n) is 11.3. The van der Waals surface area contributed by atoms with E-state index < -0.39 is 12.2 Å². The third-order valence-electron chi connectivity index (χ3n) is 3.20. The van der Waals surface area contributed by atoms with Gasteiger partial charge in [0.05, 0.1) is 10.9 Å². The summed E-state index contributed by atoms with van der Waals surface area (Å²) < 4.78 is 12.8. The molecule has 2 unspecified atom stereocenters. The molecular weight excluding hydrogens is 296 g/mol. The number of nitrogen functional groups attached to an aromatic ring is 1. The lowest BCUT2D eigenvalue weighted by atomic mass is 10.2. The number of nitrogens with zero attached hydrogens (tertiary/aromatic N) is 3. The number of carbonyl (C=O) groups is 1. The Labute approximate surface area is 123 Å². The van der Waals surface area contributed by atoms with Crippen LogP contribution in [0.3, 0.4) is 0 Å². The van der Waals surface area contributed by atoms with Gasteiger partial charge in [-0.05, 0) is 12.8 Å². The molecule has 0 aliphatic carbocycles. The molecule has 9 heteroatoms. The largest absolute Gasteiger partial charge is 0.438 e. The lowest BCUT2D eigenvalue weighted by molar-refractivity contribution is -0.160. The van der Waals surface area contributed by atoms with Crippen molar-refractivity contribution in [2.45, 2.75) is 32.1 Å². The van der Waals surface area contributed by atoms with Crippen LogP contribution in [0.25, 0.3) is 10.3 Å². The van der Waals surface area contributed by atoms with Crippen LogP contribution in [0.1, 0.15) is 26.0 Å². The lowest BCUT2D eigenvalue weighted by Crippen LogP contribution is -2.33. The fraction of sp³-hybridized carbons (Fsp3) is 0.500. The molecule has 0 spiro atoms. The highest BCUT2D eigenvalue weighted by Crippen LogP contribution is 2.28. The van der Waals surface area contributed by atoms with Gasteiger partial charge in [0, 0.05) is 13.5 Å². The summed E-state index contributed by atoms with van der Waals surface area (Å²) in [4.78, 5) is 31.3. The third-order valence-corrected chi connectivity index (χ3v) is 4.08. The molecule has 112 valence electrons. The van der Waals surface area contributed by atoms with Gasteiger partial charge < -0.3 is 15.2 Å². The van der Waals surface area contributed by atoms with Crippen LogP contribution >= 0.6 is 11.3 Å². The molecule has 21 heavy (non-hydrogen) atoms. The number of hydrogen-bond donors (Lipinski definition) is 1. The standard InChI is InChI=1S/C12H14N4O4S/c1-6(17)20-10(7-3-2-4-19-7)16-9-8(21-12(16)18)5-14-11(13)15-9/h5,7,10H,2-4H2,1H3,(H2,13,14,15). The molecule has 0 saturated carbocycles. The minimum Gasteiger partial charge on any atom is -0.438 e. The van der Waals surface area contributed by atoms with Crippen molar-refractivity contribution in [3.8, 4) is 0 Å². The predicted molar refractivity (Wildman–Crippen MR) is 75.9 cm³/mol. The van der Waals surface area contributed by atoms with E-state index in [0.717, 1.165) is 17.8 Å². The van der Waals surface area contributed by atoms with Crippen molar-refractivity contribution < 1.29 is 14.3 Å². The fourth-order valence-corrected chi connectivity index (χ4v) is 3.18. The predicted octanol–water partition coefficient (Wildman–Crippen LogP) is 0.676. The van der Waals surface area contributed by atoms with Gasteiger partial charge in [-0.15, -0.1) is 0 Å². The maximum Gasteiger partial charge on any atom is 0.312 e. The normalized spacial score (nSPS) is 19.8. The Kier molecular flexibility index (Phi) is 3.60. The fourth-order valence-electron chi connectivity index (χ4n) is 2.37. The Balaban J connectivity index is 2.13. The number of fused-ring (bicyclic) bond motifs is 1. The minimum absolute atomic E-state index is 0.0583. The first-order valence-electron chi connectivity index (χ1n) is 6.48. The van der Waals surface area contributed by atoms with Crippen molar-refractivity contribution in [2.24, 2.45) is 0 Å². The monoisotopic (exact) mass is 310 g/mol. The summed E-state index contributed by atoms with van der Waals surface area (Å²) in [5.74, 6) is -0.424. The van der Waals surface area contributed by atoms with Gasteiger partial charge in [-0.3, -0.25) is 9.59 Å². The van der Waals surface area contributed by atoms with Crippen molar-refractivity contribution in [1.29, 1.82) is 0 Å². The highest BCUT2D eigenvalue weighted by Gasteiger charge is 2.33. The van der Waals surface area contributed by atoms with E-state index in [0.29, 0.717) is 23.4 Å². The van der Waals surface area contributed by atoms with E-state index >= 15 is 0 Å². The molecule has 0 radical (unpaired) electrons. The zero-order valence-corrected chi connectivity index (χ0v) is 12.1. The molecule has 2 N–H and O–H groups in total. The SMILES string of the molecule is CC(=O)OC(C1CCCO1)n1c(=O)sc2cnc(N)nc21. The number of rotatable bonds is 3. The van der Waals surface area contributed by atoms with Gasteiger partial charge in [-0.2, -0.15) is 4.98 Å². The van der Waals surface area contributed by atoms with Gasteiger partial charge in [0.25, 0.3) is 0 Å². The van der Waals surface area contributed by atoms with Crippen LogP contribution in [0.5, 0.6) is 0 Å². The summed E-state index contributed by atoms with van der Waals surface area (Å²) >= 11 is 0.982. The van der Waals surface area contributed by atoms with Crippen LogP contribution in [-0.2, 0) is 14.3 Å². The molecule has 0 aromatic carbocycles. The van der Waals surface area contributed by atoms with Crippen molar-refractivity contribution in [2.75, 3.05) is 12.3 Å². The summed E-state index contributed by atoms with van der Waals surface area (Å²) in [6.07, 6.45) is 1.86. The number of anilines is 1. The maximum atomic E-state index is 12.3. The first kappa shape index (κ1) is 14.0. The summed E-state index contributed by atoms with van der Waals surface area (Å²) in [6, 6.07) is 0. The molecule has 2 aromatic heterocycles. The molecule has 8 nitrogen and oxygen atoms in total. The zero-order chi connectivity index (χ0) is 15.0. The lowest BCUT2D eigenvalue weighted by Gasteiger charge is -2.23. The second-order valence-corrected chi connectivity index (χ2v) is 5.70. The van der Waals surface area contributed by atoms with Crippen molar-refractivity contribution in [3.63, 3.8) is 0 Å². The van der Waals surface area contributed by atoms with Crippen LogP contribution in [0.2, 0.25) is 0 Å². The van der Waals surface area contributed by atoms with Crippen molar-refractivity contribution >= 4 is 33.6 Å². The second-order valence-electron chi connectivity index (χ2n) is 4.71. The topological polar surface area (TPSA) is 109 Å². The molecule has 3 rings (SSSR count). The van der Waals surface area contributed by atoms with Crippen LogP contribution in [-0.4, -0.2) is 33.2 Å². The Morgan fingerprint density at radius 1 is 1.67 bits per heavy atom. The highest BCUT2D eigenvalue weighted by molar-refractivity contribution is 7.16. The van der Waals surface area contributed by atoms with Crippen molar-refractivity contribution in [1.82, 2.24) is 14.5 Å². The second kappa shape index (κ2) is 5.41. The first-order chi connectivity index (χ1) is 10.1. The van der Waals surface area contributed by atoms with Gasteiger partial charge >= 0.3 is 10.8 Å². The molecule has 1 fully saturated rings. The average molecular weight is 310 g/mol.